The summed E-state index contributed by atoms with van der Waals surface area (Å²) >= 11 is 0. The molecule has 0 spiro atoms. The minimum absolute atomic E-state index is 0.409. The van der Waals surface area contributed by atoms with E-state index in [4.69, 9.17) is 4.42 Å². The second kappa shape index (κ2) is 6.23. The molecule has 22 heavy (non-hydrogen) atoms. The first kappa shape index (κ1) is 14.6. The van der Waals surface area contributed by atoms with Crippen LogP contribution in [0.3, 0.4) is 0 Å². The Hall–Kier alpha value is -2.28. The highest BCUT2D eigenvalue weighted by atomic mass is 16.4. The SMILES string of the molecule is C[C@@H]1C[C@H](C)CN(c2oc(Cc3ccccc3)nc2C#N)C1. The highest BCUT2D eigenvalue weighted by Gasteiger charge is 2.27. The fourth-order valence-corrected chi connectivity index (χ4v) is 3.32. The Kier molecular flexibility index (Phi) is 4.15. The molecule has 1 aromatic carbocycles. The molecule has 0 amide bonds. The lowest BCUT2D eigenvalue weighted by atomic mass is 9.92. The van der Waals surface area contributed by atoms with Gasteiger partial charge in [-0.1, -0.05) is 44.2 Å². The van der Waals surface area contributed by atoms with Gasteiger partial charge in [-0.15, -0.1) is 0 Å². The number of oxazole rings is 1. The Balaban J connectivity index is 1.84. The molecule has 1 aliphatic heterocycles. The molecular weight excluding hydrogens is 274 g/mol. The van der Waals surface area contributed by atoms with Crippen LogP contribution in [0, 0.1) is 23.2 Å². The molecule has 4 heteroatoms. The van der Waals surface area contributed by atoms with Gasteiger partial charge in [-0.25, -0.2) is 4.98 Å². The summed E-state index contributed by atoms with van der Waals surface area (Å²) in [4.78, 5) is 6.56. The first-order chi connectivity index (χ1) is 10.7. The molecule has 3 rings (SSSR count). The maximum Gasteiger partial charge on any atom is 0.234 e. The van der Waals surface area contributed by atoms with Gasteiger partial charge in [-0.05, 0) is 23.8 Å². The molecule has 114 valence electrons. The van der Waals surface area contributed by atoms with E-state index < -0.39 is 0 Å². The first-order valence-electron chi connectivity index (χ1n) is 7.84. The molecule has 2 aromatic rings. The van der Waals surface area contributed by atoms with Gasteiger partial charge in [0.2, 0.25) is 17.5 Å². The van der Waals surface area contributed by atoms with Gasteiger partial charge in [0.15, 0.2) is 0 Å². The molecule has 0 bridgehead atoms. The van der Waals surface area contributed by atoms with Crippen molar-refractivity contribution in [1.82, 2.24) is 4.98 Å². The maximum absolute atomic E-state index is 9.36. The summed E-state index contributed by atoms with van der Waals surface area (Å²) < 4.78 is 5.94. The van der Waals surface area contributed by atoms with Gasteiger partial charge in [0, 0.05) is 19.5 Å². The smallest absolute Gasteiger partial charge is 0.234 e. The van der Waals surface area contributed by atoms with Crippen molar-refractivity contribution in [3.05, 3.63) is 47.5 Å². The van der Waals surface area contributed by atoms with Crippen LogP contribution in [0.2, 0.25) is 0 Å². The van der Waals surface area contributed by atoms with Gasteiger partial charge in [0.1, 0.15) is 6.07 Å². The predicted molar refractivity (Wildman–Crippen MR) is 85.6 cm³/mol. The second-order valence-corrected chi connectivity index (χ2v) is 6.39. The van der Waals surface area contributed by atoms with Crippen LogP contribution in [0.25, 0.3) is 0 Å². The van der Waals surface area contributed by atoms with E-state index in [9.17, 15) is 5.26 Å². The third-order valence-corrected chi connectivity index (χ3v) is 4.11. The predicted octanol–water partition coefficient (Wildman–Crippen LogP) is 3.62. The zero-order chi connectivity index (χ0) is 15.5. The summed E-state index contributed by atoms with van der Waals surface area (Å²) in [5.41, 5.74) is 1.55. The van der Waals surface area contributed by atoms with Gasteiger partial charge < -0.3 is 9.32 Å². The van der Waals surface area contributed by atoms with Gasteiger partial charge >= 0.3 is 0 Å². The summed E-state index contributed by atoms with van der Waals surface area (Å²) in [5.74, 6) is 2.48. The topological polar surface area (TPSA) is 53.1 Å². The number of nitrogens with zero attached hydrogens (tertiary/aromatic N) is 3. The molecule has 0 saturated carbocycles. The average Bonchev–Trinajstić information content (AvgIpc) is 2.90. The molecule has 1 saturated heterocycles. The molecule has 0 radical (unpaired) electrons. The molecular formula is C18H21N3O. The third kappa shape index (κ3) is 3.14. The maximum atomic E-state index is 9.36. The average molecular weight is 295 g/mol. The van der Waals surface area contributed by atoms with Crippen LogP contribution in [-0.4, -0.2) is 18.1 Å². The second-order valence-electron chi connectivity index (χ2n) is 6.39. The van der Waals surface area contributed by atoms with E-state index >= 15 is 0 Å². The van der Waals surface area contributed by atoms with Crippen molar-refractivity contribution in [3.63, 3.8) is 0 Å². The summed E-state index contributed by atoms with van der Waals surface area (Å²) in [6, 6.07) is 12.3. The van der Waals surface area contributed by atoms with Crippen LogP contribution in [0.4, 0.5) is 5.88 Å². The summed E-state index contributed by atoms with van der Waals surface area (Å²) in [6.45, 7) is 6.35. The Morgan fingerprint density at radius 2 is 1.91 bits per heavy atom. The van der Waals surface area contributed by atoms with Crippen molar-refractivity contribution < 1.29 is 4.42 Å². The normalized spacial score (nSPS) is 21.6. The molecule has 0 aliphatic carbocycles. The molecule has 1 aromatic heterocycles. The van der Waals surface area contributed by atoms with Crippen molar-refractivity contribution in [2.75, 3.05) is 18.0 Å². The van der Waals surface area contributed by atoms with Crippen LogP contribution >= 0.6 is 0 Å². The molecule has 0 unspecified atom stereocenters. The number of piperidine rings is 1. The molecule has 1 aliphatic rings. The van der Waals surface area contributed by atoms with Gasteiger partial charge in [0.05, 0.1) is 0 Å². The van der Waals surface area contributed by atoms with Crippen LogP contribution in [0.1, 0.15) is 37.4 Å². The van der Waals surface area contributed by atoms with E-state index in [1.165, 1.54) is 6.42 Å². The Bertz CT molecular complexity index is 661. The number of benzene rings is 1. The van der Waals surface area contributed by atoms with Crippen LogP contribution in [0.15, 0.2) is 34.7 Å². The monoisotopic (exact) mass is 295 g/mol. The fraction of sp³-hybridized carbons (Fsp3) is 0.444. The molecule has 0 N–H and O–H groups in total. The minimum atomic E-state index is 0.409. The Morgan fingerprint density at radius 3 is 2.55 bits per heavy atom. The van der Waals surface area contributed by atoms with Gasteiger partial charge in [-0.2, -0.15) is 5.26 Å². The number of nitriles is 1. The summed E-state index contributed by atoms with van der Waals surface area (Å²) in [7, 11) is 0. The fourth-order valence-electron chi connectivity index (χ4n) is 3.32. The largest absolute Gasteiger partial charge is 0.423 e. The lowest BCUT2D eigenvalue weighted by Crippen LogP contribution is -2.38. The van der Waals surface area contributed by atoms with Crippen LogP contribution in [-0.2, 0) is 6.42 Å². The van der Waals surface area contributed by atoms with Crippen LogP contribution in [0.5, 0.6) is 0 Å². The lowest BCUT2D eigenvalue weighted by molar-refractivity contribution is 0.341. The van der Waals surface area contributed by atoms with Crippen molar-refractivity contribution in [2.24, 2.45) is 11.8 Å². The standard InChI is InChI=1S/C18H21N3O/c1-13-8-14(2)12-21(11-13)18-16(10-19)20-17(22-18)9-15-6-4-3-5-7-15/h3-7,13-14H,8-9,11-12H2,1-2H3/t13-,14+. The number of anilines is 1. The molecule has 2 heterocycles. The number of aromatic nitrogens is 1. The van der Waals surface area contributed by atoms with Crippen molar-refractivity contribution in [2.45, 2.75) is 26.7 Å². The van der Waals surface area contributed by atoms with Gasteiger partial charge in [0.25, 0.3) is 0 Å². The van der Waals surface area contributed by atoms with Crippen molar-refractivity contribution in [1.29, 1.82) is 5.26 Å². The first-order valence-corrected chi connectivity index (χ1v) is 7.84. The van der Waals surface area contributed by atoms with Crippen LogP contribution < -0.4 is 4.90 Å². The zero-order valence-corrected chi connectivity index (χ0v) is 13.1. The minimum Gasteiger partial charge on any atom is -0.423 e. The van der Waals surface area contributed by atoms with E-state index in [-0.39, 0.29) is 0 Å². The quantitative estimate of drug-likeness (QED) is 0.868. The summed E-state index contributed by atoms with van der Waals surface area (Å²) in [5, 5.41) is 9.36. The van der Waals surface area contributed by atoms with E-state index in [1.54, 1.807) is 0 Å². The number of hydrogen-bond acceptors (Lipinski definition) is 4. The van der Waals surface area contributed by atoms with Gasteiger partial charge in [-0.3, -0.25) is 0 Å². The van der Waals surface area contributed by atoms with E-state index in [0.29, 0.717) is 35.7 Å². The third-order valence-electron chi connectivity index (χ3n) is 4.11. The Labute approximate surface area is 131 Å². The number of hydrogen-bond donors (Lipinski definition) is 0. The molecule has 4 nitrogen and oxygen atoms in total. The highest BCUT2D eigenvalue weighted by molar-refractivity contribution is 5.48. The zero-order valence-electron chi connectivity index (χ0n) is 13.1. The van der Waals surface area contributed by atoms with E-state index in [1.807, 2.05) is 30.3 Å². The van der Waals surface area contributed by atoms with Crippen molar-refractivity contribution in [3.8, 4) is 6.07 Å². The molecule has 2 atom stereocenters. The lowest BCUT2D eigenvalue weighted by Gasteiger charge is -2.34. The van der Waals surface area contributed by atoms with E-state index in [0.717, 1.165) is 18.7 Å². The van der Waals surface area contributed by atoms with E-state index in [2.05, 4.69) is 29.8 Å². The Morgan fingerprint density at radius 1 is 1.23 bits per heavy atom. The highest BCUT2D eigenvalue weighted by Crippen LogP contribution is 2.29. The summed E-state index contributed by atoms with van der Waals surface area (Å²) in [6.07, 6.45) is 1.85. The number of rotatable bonds is 3. The van der Waals surface area contributed by atoms with Crippen molar-refractivity contribution >= 4 is 5.88 Å². The molecule has 1 fully saturated rings.